The summed E-state index contributed by atoms with van der Waals surface area (Å²) in [6, 6.07) is 6.83. The first-order valence-corrected chi connectivity index (χ1v) is 15.2. The highest BCUT2D eigenvalue weighted by Gasteiger charge is 2.11. The molecule has 0 aliphatic carbocycles. The molecule has 0 aromatic carbocycles. The van der Waals surface area contributed by atoms with Crippen LogP contribution in [0.4, 0.5) is 0 Å². The molecular formula is C33H45N19. The molecule has 4 rings (SSSR count). The topological polar surface area (TPSA) is 294 Å². The maximum Gasteiger partial charge on any atom is 0.195 e. The molecule has 4 aromatic heterocycles. The van der Waals surface area contributed by atoms with E-state index < -0.39 is 0 Å². The molecule has 0 unspecified atom stereocenters. The van der Waals surface area contributed by atoms with Gasteiger partial charge in [0.15, 0.2) is 17.5 Å². The minimum atomic E-state index is 0.133. The summed E-state index contributed by atoms with van der Waals surface area (Å²) in [5.74, 6) is 2.47. The monoisotopic (exact) mass is 707 g/mol. The molecule has 0 aliphatic heterocycles. The van der Waals surface area contributed by atoms with Crippen LogP contribution in [0.1, 0.15) is 50.3 Å². The molecule has 19 heteroatoms. The van der Waals surface area contributed by atoms with E-state index >= 15 is 0 Å². The van der Waals surface area contributed by atoms with E-state index in [2.05, 4.69) is 34.9 Å². The summed E-state index contributed by atoms with van der Waals surface area (Å²) in [7, 11) is 6.66. The molecule has 0 bridgehead atoms. The zero-order valence-electron chi connectivity index (χ0n) is 30.4. The predicted molar refractivity (Wildman–Crippen MR) is 202 cm³/mol. The van der Waals surface area contributed by atoms with Gasteiger partial charge in [-0.1, -0.05) is 0 Å². The van der Waals surface area contributed by atoms with E-state index in [-0.39, 0.29) is 23.3 Å². The van der Waals surface area contributed by atoms with Crippen molar-refractivity contribution in [2.45, 2.75) is 27.7 Å². The highest BCUT2D eigenvalue weighted by molar-refractivity contribution is 6.07. The molecule has 4 heterocycles. The summed E-state index contributed by atoms with van der Waals surface area (Å²) in [5.41, 5.74) is 1.89. The van der Waals surface area contributed by atoms with E-state index in [1.54, 1.807) is 124 Å². The molecule has 0 atom stereocenters. The Morgan fingerprint density at radius 2 is 0.865 bits per heavy atom. The van der Waals surface area contributed by atoms with Crippen LogP contribution in [0.5, 0.6) is 0 Å². The molecule has 0 fully saturated rings. The molecule has 8 N–H and O–H groups in total. The summed E-state index contributed by atoms with van der Waals surface area (Å²) < 4.78 is 0. The number of nitrogens with one attached hydrogen (secondary N) is 8. The van der Waals surface area contributed by atoms with E-state index in [1.165, 1.54) is 32.3 Å². The van der Waals surface area contributed by atoms with Crippen molar-refractivity contribution in [3.8, 4) is 0 Å². The van der Waals surface area contributed by atoms with Crippen molar-refractivity contribution in [2.24, 2.45) is 0 Å². The Kier molecular flexibility index (Phi) is 18.0. The van der Waals surface area contributed by atoms with Crippen LogP contribution < -0.4 is 0 Å². The first-order valence-electron chi connectivity index (χ1n) is 15.2. The molecular weight excluding hydrogens is 662 g/mol. The molecule has 0 radical (unpaired) electrons. The van der Waals surface area contributed by atoms with Crippen LogP contribution in [0.15, 0.2) is 80.3 Å². The Morgan fingerprint density at radius 3 is 1.31 bits per heavy atom. The third-order valence-corrected chi connectivity index (χ3v) is 6.74. The van der Waals surface area contributed by atoms with Crippen molar-refractivity contribution in [3.63, 3.8) is 0 Å². The lowest BCUT2D eigenvalue weighted by Gasteiger charge is -2.17. The van der Waals surface area contributed by atoms with Crippen molar-refractivity contribution in [2.75, 3.05) is 28.2 Å². The lowest BCUT2D eigenvalue weighted by molar-refractivity contribution is 0.725. The number of aromatic nitrogens is 7. The van der Waals surface area contributed by atoms with Gasteiger partial charge in [0.2, 0.25) is 0 Å². The fraction of sp³-hybridized carbons (Fsp3) is 0.242. The Bertz CT molecular complexity index is 1540. The predicted octanol–water partition coefficient (Wildman–Crippen LogP) is 3.53. The number of rotatable bonds is 4. The van der Waals surface area contributed by atoms with E-state index in [0.29, 0.717) is 40.4 Å². The van der Waals surface area contributed by atoms with Gasteiger partial charge in [-0.2, -0.15) is 0 Å². The largest absolute Gasteiger partial charge is 0.318 e. The molecule has 52 heavy (non-hydrogen) atoms. The fourth-order valence-electron chi connectivity index (χ4n) is 3.16. The lowest BCUT2D eigenvalue weighted by Crippen LogP contribution is -2.31. The Labute approximate surface area is 303 Å². The molecule has 0 saturated heterocycles. The summed E-state index contributed by atoms with van der Waals surface area (Å²) in [6.07, 6.45) is 13.9. The quantitative estimate of drug-likeness (QED) is 0.112. The molecule has 19 nitrogen and oxygen atoms in total. The van der Waals surface area contributed by atoms with Gasteiger partial charge in [0.25, 0.3) is 0 Å². The van der Waals surface area contributed by atoms with Gasteiger partial charge < -0.3 is 19.6 Å². The first-order chi connectivity index (χ1) is 24.5. The van der Waals surface area contributed by atoms with Crippen LogP contribution >= 0.6 is 0 Å². The van der Waals surface area contributed by atoms with Gasteiger partial charge in [-0.15, -0.1) is 0 Å². The van der Waals surface area contributed by atoms with E-state index in [4.69, 9.17) is 43.3 Å². The number of hydrogen-bond donors (Lipinski definition) is 8. The van der Waals surface area contributed by atoms with Crippen LogP contribution in [-0.2, 0) is 0 Å². The highest BCUT2D eigenvalue weighted by atomic mass is 15.2. The molecule has 0 aliphatic rings. The third-order valence-electron chi connectivity index (χ3n) is 6.74. The van der Waals surface area contributed by atoms with Crippen molar-refractivity contribution in [3.05, 3.63) is 103 Å². The molecule has 0 amide bonds. The fourth-order valence-corrected chi connectivity index (χ4v) is 3.16. The smallest absolute Gasteiger partial charge is 0.195 e. The molecule has 272 valence electrons. The minimum absolute atomic E-state index is 0.133. The highest BCUT2D eigenvalue weighted by Crippen LogP contribution is 2.02. The average molecular weight is 708 g/mol. The van der Waals surface area contributed by atoms with Gasteiger partial charge in [0, 0.05) is 77.1 Å². The van der Waals surface area contributed by atoms with E-state index in [0.717, 1.165) is 5.56 Å². The Balaban J connectivity index is 0.000000347. The van der Waals surface area contributed by atoms with Crippen molar-refractivity contribution in [1.82, 2.24) is 54.5 Å². The van der Waals surface area contributed by atoms with Crippen LogP contribution in [0, 0.1) is 43.3 Å². The van der Waals surface area contributed by atoms with Gasteiger partial charge in [0.05, 0.1) is 28.9 Å². The lowest BCUT2D eigenvalue weighted by atomic mass is 10.2. The van der Waals surface area contributed by atoms with Crippen molar-refractivity contribution < 1.29 is 0 Å². The SMILES string of the molecule is CC(=N)N(C)C(=N)c1ccncc1.CC(=N)N(C)C(=N)c1ccncn1.CC(=N)N(C)C(=N)c1cncnc1.CC(=N)N(C)C(=N)c1ncccn1. The maximum absolute atomic E-state index is 7.72. The van der Waals surface area contributed by atoms with Gasteiger partial charge in [-0.3, -0.25) is 48.3 Å². The average Bonchev–Trinajstić information content (AvgIpc) is 3.17. The van der Waals surface area contributed by atoms with Gasteiger partial charge in [0.1, 0.15) is 30.0 Å². The third kappa shape index (κ3) is 14.2. The second-order valence-electron chi connectivity index (χ2n) is 10.5. The van der Waals surface area contributed by atoms with Gasteiger partial charge in [-0.05, 0) is 52.0 Å². The number of pyridine rings is 1. The van der Waals surface area contributed by atoms with Crippen LogP contribution in [0.2, 0.25) is 0 Å². The summed E-state index contributed by atoms with van der Waals surface area (Å²) in [5, 5.41) is 60.0. The standard InChI is InChI=1S/C9H12N4.3C8H11N5/c1-7(10)13(2)9(11)8-3-5-12-6-4-8;1-6(9)13(2)8(10)7-3-11-5-12-4-7;1-6(9)13(2)8(10)7-3-4-11-5-12-7;1-6(9)13(2)7(10)8-11-4-3-5-12-8/h3-6,10-11H,1-2H3;3*3-5,9-10H,1-2H3. The number of amidine groups is 8. The van der Waals surface area contributed by atoms with Crippen LogP contribution in [0.25, 0.3) is 0 Å². The second-order valence-corrected chi connectivity index (χ2v) is 10.5. The summed E-state index contributed by atoms with van der Waals surface area (Å²) in [4.78, 5) is 32.8. The van der Waals surface area contributed by atoms with Crippen LogP contribution in [-0.4, -0.2) is 129 Å². The van der Waals surface area contributed by atoms with Crippen molar-refractivity contribution in [1.29, 1.82) is 43.3 Å². The number of nitrogens with zero attached hydrogens (tertiary/aromatic N) is 11. The van der Waals surface area contributed by atoms with Gasteiger partial charge in [-0.25, -0.2) is 29.9 Å². The summed E-state index contributed by atoms with van der Waals surface area (Å²) >= 11 is 0. The Hall–Kier alpha value is -7.05. The normalized spacial score (nSPS) is 9.38. The first kappa shape index (κ1) is 43.0. The minimum Gasteiger partial charge on any atom is -0.318 e. The maximum atomic E-state index is 7.72. The molecule has 0 saturated carbocycles. The summed E-state index contributed by atoms with van der Waals surface area (Å²) in [6.45, 7) is 6.50. The van der Waals surface area contributed by atoms with Gasteiger partial charge >= 0.3 is 0 Å². The second kappa shape index (κ2) is 21.8. The molecule has 4 aromatic rings. The van der Waals surface area contributed by atoms with E-state index in [1.807, 2.05) is 0 Å². The van der Waals surface area contributed by atoms with Crippen LogP contribution in [0.3, 0.4) is 0 Å². The zero-order chi connectivity index (χ0) is 39.4. The van der Waals surface area contributed by atoms with E-state index in [9.17, 15) is 0 Å². The zero-order valence-corrected chi connectivity index (χ0v) is 30.4. The number of hydrogen-bond acceptors (Lipinski definition) is 15. The van der Waals surface area contributed by atoms with Crippen molar-refractivity contribution >= 4 is 46.7 Å². The molecule has 0 spiro atoms. The Morgan fingerprint density at radius 1 is 0.442 bits per heavy atom.